The maximum absolute atomic E-state index is 5.81. The monoisotopic (exact) mass is 372 g/mol. The molecule has 0 fully saturated rings. The normalized spacial score (nSPS) is 15.9. The number of hydrogen-bond donors (Lipinski definition) is 1. The third kappa shape index (κ3) is 3.41. The Morgan fingerprint density at radius 1 is 0.857 bits per heavy atom. The summed E-state index contributed by atoms with van der Waals surface area (Å²) < 4.78 is 16.9. The smallest absolute Gasteiger partial charge is 0.216 e. The zero-order valence-electron chi connectivity index (χ0n) is 14.7. The number of nitrogens with one attached hydrogen (secondary N) is 1. The highest BCUT2D eigenvalue weighted by atomic mass is 16.7. The lowest BCUT2D eigenvalue weighted by molar-refractivity contribution is 0.0273. The van der Waals surface area contributed by atoms with Gasteiger partial charge in [-0.3, -0.25) is 4.84 Å². The van der Waals surface area contributed by atoms with Crippen molar-refractivity contribution in [2.24, 2.45) is 0 Å². The fourth-order valence-electron chi connectivity index (χ4n) is 2.91. The molecule has 0 unspecified atom stereocenters. The number of aromatic nitrogens is 1. The SMILES string of the molecule is C1=C(Oc2cnc3ccoc3c2)NO[C@@H]1c1ccc(Oc2ccccc2)cc1. The van der Waals surface area contributed by atoms with Gasteiger partial charge in [-0.25, -0.2) is 10.5 Å². The largest absolute Gasteiger partial charge is 0.463 e. The fraction of sp³-hybridized carbons (Fsp3) is 0.0455. The third-order valence-corrected chi connectivity index (χ3v) is 4.28. The number of pyridine rings is 1. The predicted octanol–water partition coefficient (Wildman–Crippen LogP) is 5.12. The van der Waals surface area contributed by atoms with Gasteiger partial charge in [-0.05, 0) is 29.8 Å². The zero-order chi connectivity index (χ0) is 18.8. The van der Waals surface area contributed by atoms with Crippen molar-refractivity contribution in [3.8, 4) is 17.2 Å². The van der Waals surface area contributed by atoms with Crippen LogP contribution in [-0.4, -0.2) is 4.98 Å². The standard InChI is InChI=1S/C22H16N2O4/c1-2-4-16(5-3-1)26-17-8-6-15(7-9-17)20-13-22(24-28-20)27-18-12-21-19(23-14-18)10-11-25-21/h1-14,20,24H/t20-/m0/s1. The van der Waals surface area contributed by atoms with Crippen LogP contribution in [0.1, 0.15) is 11.7 Å². The van der Waals surface area contributed by atoms with E-state index >= 15 is 0 Å². The van der Waals surface area contributed by atoms with Gasteiger partial charge in [0.1, 0.15) is 23.1 Å². The summed E-state index contributed by atoms with van der Waals surface area (Å²) in [5.41, 5.74) is 5.23. The number of fused-ring (bicyclic) bond motifs is 1. The van der Waals surface area contributed by atoms with Crippen molar-refractivity contribution < 1.29 is 18.7 Å². The Morgan fingerprint density at radius 2 is 1.68 bits per heavy atom. The first-order chi connectivity index (χ1) is 13.8. The van der Waals surface area contributed by atoms with Crippen LogP contribution in [0.25, 0.3) is 11.1 Å². The van der Waals surface area contributed by atoms with Crippen LogP contribution in [0.2, 0.25) is 0 Å². The number of para-hydroxylation sites is 1. The fourth-order valence-corrected chi connectivity index (χ4v) is 2.91. The highest BCUT2D eigenvalue weighted by Gasteiger charge is 2.20. The number of hydrogen-bond acceptors (Lipinski definition) is 6. The van der Waals surface area contributed by atoms with Crippen LogP contribution in [-0.2, 0) is 4.84 Å². The molecule has 1 atom stereocenters. The lowest BCUT2D eigenvalue weighted by atomic mass is 10.1. The molecule has 4 aromatic rings. The van der Waals surface area contributed by atoms with Crippen LogP contribution in [0.4, 0.5) is 0 Å². The minimum atomic E-state index is -0.263. The predicted molar refractivity (Wildman–Crippen MR) is 103 cm³/mol. The molecule has 0 saturated heterocycles. The van der Waals surface area contributed by atoms with Crippen LogP contribution < -0.4 is 15.0 Å². The van der Waals surface area contributed by atoms with E-state index in [0.29, 0.717) is 17.2 Å². The molecule has 6 heteroatoms. The summed E-state index contributed by atoms with van der Waals surface area (Å²) in [4.78, 5) is 9.88. The van der Waals surface area contributed by atoms with Crippen molar-refractivity contribution in [3.05, 3.63) is 96.7 Å². The van der Waals surface area contributed by atoms with Gasteiger partial charge in [0.25, 0.3) is 0 Å². The van der Waals surface area contributed by atoms with Crippen molar-refractivity contribution >= 4 is 11.1 Å². The average Bonchev–Trinajstić information content (AvgIpc) is 3.39. The summed E-state index contributed by atoms with van der Waals surface area (Å²) in [6.07, 6.45) is 4.84. The first-order valence-electron chi connectivity index (χ1n) is 8.81. The second-order valence-electron chi connectivity index (χ2n) is 6.23. The maximum Gasteiger partial charge on any atom is 0.216 e. The van der Waals surface area contributed by atoms with Crippen LogP contribution in [0.3, 0.4) is 0 Å². The van der Waals surface area contributed by atoms with Crippen LogP contribution in [0, 0.1) is 0 Å². The highest BCUT2D eigenvalue weighted by molar-refractivity contribution is 5.73. The number of benzene rings is 2. The van der Waals surface area contributed by atoms with E-state index in [4.69, 9.17) is 18.7 Å². The molecule has 0 bridgehead atoms. The van der Waals surface area contributed by atoms with Gasteiger partial charge in [-0.1, -0.05) is 30.3 Å². The molecule has 0 spiro atoms. The second kappa shape index (κ2) is 7.09. The molecular formula is C22H16N2O4. The number of nitrogens with zero attached hydrogens (tertiary/aromatic N) is 1. The summed E-state index contributed by atoms with van der Waals surface area (Å²) in [5.74, 6) is 2.63. The Morgan fingerprint density at radius 3 is 2.54 bits per heavy atom. The number of ether oxygens (including phenoxy) is 2. The molecule has 1 aliphatic heterocycles. The van der Waals surface area contributed by atoms with Gasteiger partial charge in [0.2, 0.25) is 5.88 Å². The number of hydroxylamine groups is 1. The van der Waals surface area contributed by atoms with Crippen molar-refractivity contribution in [2.45, 2.75) is 6.10 Å². The van der Waals surface area contributed by atoms with Gasteiger partial charge >= 0.3 is 0 Å². The first-order valence-corrected chi connectivity index (χ1v) is 8.81. The van der Waals surface area contributed by atoms with Crippen molar-refractivity contribution in [2.75, 3.05) is 0 Å². The van der Waals surface area contributed by atoms with E-state index in [0.717, 1.165) is 22.6 Å². The van der Waals surface area contributed by atoms with Crippen LogP contribution in [0.15, 0.2) is 95.6 Å². The van der Waals surface area contributed by atoms with E-state index in [1.54, 1.807) is 24.6 Å². The molecule has 6 nitrogen and oxygen atoms in total. The molecule has 5 rings (SSSR count). The van der Waals surface area contributed by atoms with E-state index in [9.17, 15) is 0 Å². The van der Waals surface area contributed by atoms with Gasteiger partial charge in [0, 0.05) is 18.2 Å². The maximum atomic E-state index is 5.81. The minimum Gasteiger partial charge on any atom is -0.463 e. The molecule has 2 aromatic heterocycles. The van der Waals surface area contributed by atoms with Gasteiger partial charge in [0.15, 0.2) is 11.3 Å². The number of furan rings is 1. The Labute approximate surface area is 160 Å². The Hall–Kier alpha value is -3.77. The summed E-state index contributed by atoms with van der Waals surface area (Å²) in [7, 11) is 0. The van der Waals surface area contributed by atoms with E-state index in [1.807, 2.05) is 60.7 Å². The molecule has 2 aromatic carbocycles. The summed E-state index contributed by atoms with van der Waals surface area (Å²) in [5, 5.41) is 0. The molecule has 0 amide bonds. The molecule has 3 heterocycles. The lowest BCUT2D eigenvalue weighted by Gasteiger charge is -2.09. The molecular weight excluding hydrogens is 356 g/mol. The molecule has 0 saturated carbocycles. The van der Waals surface area contributed by atoms with Crippen molar-refractivity contribution in [1.82, 2.24) is 10.5 Å². The molecule has 1 aliphatic rings. The summed E-state index contributed by atoms with van der Waals surface area (Å²) in [6, 6.07) is 21.0. The van der Waals surface area contributed by atoms with Gasteiger partial charge in [-0.15, -0.1) is 0 Å². The lowest BCUT2D eigenvalue weighted by Crippen LogP contribution is -2.12. The molecule has 28 heavy (non-hydrogen) atoms. The van der Waals surface area contributed by atoms with Crippen LogP contribution in [0.5, 0.6) is 17.2 Å². The average molecular weight is 372 g/mol. The number of rotatable bonds is 5. The van der Waals surface area contributed by atoms with E-state index < -0.39 is 0 Å². The quantitative estimate of drug-likeness (QED) is 0.525. The van der Waals surface area contributed by atoms with Gasteiger partial charge in [-0.2, -0.15) is 0 Å². The Kier molecular flexibility index (Phi) is 4.16. The van der Waals surface area contributed by atoms with Gasteiger partial charge < -0.3 is 13.9 Å². The highest BCUT2D eigenvalue weighted by Crippen LogP contribution is 2.29. The molecule has 0 radical (unpaired) electrons. The van der Waals surface area contributed by atoms with E-state index in [-0.39, 0.29) is 6.10 Å². The van der Waals surface area contributed by atoms with Crippen molar-refractivity contribution in [3.63, 3.8) is 0 Å². The zero-order valence-corrected chi connectivity index (χ0v) is 14.7. The Balaban J connectivity index is 1.27. The first kappa shape index (κ1) is 16.4. The van der Waals surface area contributed by atoms with E-state index in [2.05, 4.69) is 10.5 Å². The van der Waals surface area contributed by atoms with Gasteiger partial charge in [0.05, 0.1) is 12.5 Å². The van der Waals surface area contributed by atoms with Crippen LogP contribution >= 0.6 is 0 Å². The topological polar surface area (TPSA) is 65.8 Å². The molecule has 138 valence electrons. The second-order valence-corrected chi connectivity index (χ2v) is 6.23. The molecule has 0 aliphatic carbocycles. The Bertz CT molecular complexity index is 1120. The van der Waals surface area contributed by atoms with E-state index in [1.165, 1.54) is 0 Å². The molecule has 1 N–H and O–H groups in total. The third-order valence-electron chi connectivity index (χ3n) is 4.28. The summed E-state index contributed by atoms with van der Waals surface area (Å²) >= 11 is 0. The van der Waals surface area contributed by atoms with Crippen molar-refractivity contribution in [1.29, 1.82) is 0 Å². The summed E-state index contributed by atoms with van der Waals surface area (Å²) in [6.45, 7) is 0. The minimum absolute atomic E-state index is 0.263.